The van der Waals surface area contributed by atoms with Crippen LogP contribution in [0, 0.1) is 4.64 Å². The molecule has 1 aromatic heterocycles. The van der Waals surface area contributed by atoms with Crippen molar-refractivity contribution in [1.29, 1.82) is 0 Å². The zero-order valence-electron chi connectivity index (χ0n) is 8.36. The number of anilines is 1. The lowest BCUT2D eigenvalue weighted by molar-refractivity contribution is 0.102. The summed E-state index contributed by atoms with van der Waals surface area (Å²) >= 11 is 13.8. The Bertz CT molecular complexity index is 603. The van der Waals surface area contributed by atoms with Gasteiger partial charge in [-0.25, -0.2) is 0 Å². The number of hydrogen-bond donors (Lipinski definition) is 3. The summed E-state index contributed by atoms with van der Waals surface area (Å²) in [5.74, 6) is -0.250. The third-order valence-electron chi connectivity index (χ3n) is 2.01. The maximum Gasteiger partial charge on any atom is 0.260 e. The number of rotatable bonds is 2. The number of carbonyl (C=O) groups is 1. The van der Waals surface area contributed by atoms with Gasteiger partial charge in [0.1, 0.15) is 10.2 Å². The first-order valence-corrected chi connectivity index (χ1v) is 7.02. The molecule has 2 aromatic rings. The van der Waals surface area contributed by atoms with Gasteiger partial charge in [0, 0.05) is 10.2 Å². The van der Waals surface area contributed by atoms with Gasteiger partial charge in [0.15, 0.2) is 0 Å². The third kappa shape index (κ3) is 2.98. The smallest absolute Gasteiger partial charge is 0.260 e. The molecule has 0 radical (unpaired) electrons. The predicted octanol–water partition coefficient (Wildman–Crippen LogP) is 4.11. The van der Waals surface area contributed by atoms with Crippen molar-refractivity contribution in [2.75, 3.05) is 5.32 Å². The van der Waals surface area contributed by atoms with E-state index in [1.807, 2.05) is 12.1 Å². The zero-order chi connectivity index (χ0) is 12.4. The van der Waals surface area contributed by atoms with Crippen LogP contribution < -0.4 is 5.32 Å². The van der Waals surface area contributed by atoms with Crippen molar-refractivity contribution in [3.63, 3.8) is 0 Å². The van der Waals surface area contributed by atoms with Crippen molar-refractivity contribution in [2.45, 2.75) is 4.21 Å². The van der Waals surface area contributed by atoms with Gasteiger partial charge in [-0.15, -0.1) is 12.6 Å². The molecule has 0 saturated carbocycles. The molecule has 17 heavy (non-hydrogen) atoms. The normalized spacial score (nSPS) is 10.2. The van der Waals surface area contributed by atoms with Gasteiger partial charge in [0.05, 0.1) is 4.21 Å². The van der Waals surface area contributed by atoms with E-state index in [0.717, 1.165) is 4.47 Å². The van der Waals surface area contributed by atoms with Crippen LogP contribution in [0.4, 0.5) is 5.69 Å². The van der Waals surface area contributed by atoms with Crippen LogP contribution in [-0.4, -0.2) is 10.3 Å². The number of aromatic amines is 1. The molecule has 3 nitrogen and oxygen atoms in total. The molecule has 7 heteroatoms. The van der Waals surface area contributed by atoms with Gasteiger partial charge in [-0.1, -0.05) is 39.7 Å². The van der Waals surface area contributed by atoms with E-state index in [4.69, 9.17) is 12.2 Å². The second-order valence-corrected chi connectivity index (χ2v) is 6.06. The largest absolute Gasteiger partial charge is 0.322 e. The summed E-state index contributed by atoms with van der Waals surface area (Å²) in [6, 6.07) is 7.32. The van der Waals surface area contributed by atoms with Crippen molar-refractivity contribution in [2.24, 2.45) is 0 Å². The summed E-state index contributed by atoms with van der Waals surface area (Å²) in [4.78, 5) is 12.0. The number of thiol groups is 1. The molecule has 0 spiro atoms. The molecule has 0 aliphatic carbocycles. The molecular formula is C10H7BrN2OS3. The molecule has 1 amide bonds. The van der Waals surface area contributed by atoms with Crippen LogP contribution >= 0.6 is 52.3 Å². The van der Waals surface area contributed by atoms with E-state index in [9.17, 15) is 4.79 Å². The van der Waals surface area contributed by atoms with Gasteiger partial charge in [0.25, 0.3) is 5.91 Å². The number of hydrogen-bond acceptors (Lipinski definition) is 4. The Kier molecular flexibility index (Phi) is 4.03. The molecule has 0 aliphatic rings. The van der Waals surface area contributed by atoms with Crippen LogP contribution in [0.15, 0.2) is 32.9 Å². The Labute approximate surface area is 121 Å². The highest BCUT2D eigenvalue weighted by atomic mass is 79.9. The van der Waals surface area contributed by atoms with Crippen molar-refractivity contribution in [3.05, 3.63) is 38.9 Å². The minimum Gasteiger partial charge on any atom is -0.322 e. The van der Waals surface area contributed by atoms with Crippen molar-refractivity contribution in [1.82, 2.24) is 4.37 Å². The molecule has 1 aromatic carbocycles. The Morgan fingerprint density at radius 3 is 2.59 bits per heavy atom. The summed E-state index contributed by atoms with van der Waals surface area (Å²) in [5.41, 5.74) is 1.13. The Morgan fingerprint density at radius 1 is 1.41 bits per heavy atom. The Morgan fingerprint density at radius 2 is 2.06 bits per heavy atom. The van der Waals surface area contributed by atoms with E-state index in [0.29, 0.717) is 20.1 Å². The van der Waals surface area contributed by atoms with Gasteiger partial charge in [-0.2, -0.15) is 0 Å². The average molecular weight is 347 g/mol. The molecule has 2 N–H and O–H groups in total. The van der Waals surface area contributed by atoms with E-state index < -0.39 is 0 Å². The fourth-order valence-electron chi connectivity index (χ4n) is 1.22. The van der Waals surface area contributed by atoms with Gasteiger partial charge in [-0.3, -0.25) is 4.79 Å². The van der Waals surface area contributed by atoms with Crippen molar-refractivity contribution >= 4 is 63.9 Å². The molecule has 0 bridgehead atoms. The predicted molar refractivity (Wildman–Crippen MR) is 78.9 cm³/mol. The summed E-state index contributed by atoms with van der Waals surface area (Å²) in [7, 11) is 0. The first kappa shape index (κ1) is 12.8. The van der Waals surface area contributed by atoms with Gasteiger partial charge >= 0.3 is 0 Å². The standard InChI is InChI=1S/C10H7BrN2OS3/c11-5-1-3-6(4-2-5)12-8(14)7-9(15)13-17-10(7)16/h1-4,16H,(H,12,14)(H,13,15). The van der Waals surface area contributed by atoms with Crippen molar-refractivity contribution < 1.29 is 4.79 Å². The van der Waals surface area contributed by atoms with Crippen LogP contribution in [0.3, 0.4) is 0 Å². The minimum absolute atomic E-state index is 0.250. The zero-order valence-corrected chi connectivity index (χ0v) is 12.5. The van der Waals surface area contributed by atoms with Crippen LogP contribution in [0.5, 0.6) is 0 Å². The summed E-state index contributed by atoms with van der Waals surface area (Å²) in [5, 5.41) is 2.76. The van der Waals surface area contributed by atoms with Gasteiger partial charge in [0.2, 0.25) is 0 Å². The summed E-state index contributed by atoms with van der Waals surface area (Å²) in [6.45, 7) is 0. The number of nitrogens with one attached hydrogen (secondary N) is 2. The van der Waals surface area contributed by atoms with Crippen LogP contribution in [-0.2, 0) is 0 Å². The lowest BCUT2D eigenvalue weighted by Crippen LogP contribution is -2.12. The Hall–Kier alpha value is -0.630. The molecule has 0 saturated heterocycles. The lowest BCUT2D eigenvalue weighted by Gasteiger charge is -2.03. The molecule has 1 heterocycles. The monoisotopic (exact) mass is 346 g/mol. The van der Waals surface area contributed by atoms with E-state index in [2.05, 4.69) is 38.2 Å². The van der Waals surface area contributed by atoms with E-state index >= 15 is 0 Å². The number of aromatic nitrogens is 1. The first-order chi connectivity index (χ1) is 8.08. The number of carbonyl (C=O) groups excluding carboxylic acids is 1. The summed E-state index contributed by atoms with van der Waals surface area (Å²) in [6.07, 6.45) is 0. The van der Waals surface area contributed by atoms with E-state index in [-0.39, 0.29) is 5.91 Å². The lowest BCUT2D eigenvalue weighted by atomic mass is 10.3. The van der Waals surface area contributed by atoms with Crippen LogP contribution in [0.25, 0.3) is 0 Å². The molecular weight excluding hydrogens is 340 g/mol. The molecule has 0 unspecified atom stereocenters. The van der Waals surface area contributed by atoms with Gasteiger partial charge in [-0.05, 0) is 24.3 Å². The third-order valence-corrected chi connectivity index (χ3v) is 4.18. The fraction of sp³-hybridized carbons (Fsp3) is 0. The molecule has 0 aliphatic heterocycles. The highest BCUT2D eigenvalue weighted by Gasteiger charge is 2.14. The maximum atomic E-state index is 12.0. The highest BCUT2D eigenvalue weighted by molar-refractivity contribution is 9.10. The number of halogens is 1. The molecule has 0 atom stereocenters. The minimum atomic E-state index is -0.250. The SMILES string of the molecule is O=C(Nc1ccc(Br)cc1)c1c(S)s[nH]c1=S. The van der Waals surface area contributed by atoms with E-state index in [1.165, 1.54) is 11.5 Å². The highest BCUT2D eigenvalue weighted by Crippen LogP contribution is 2.21. The number of benzene rings is 1. The summed E-state index contributed by atoms with van der Waals surface area (Å²) < 4.78 is 4.78. The molecule has 88 valence electrons. The maximum absolute atomic E-state index is 12.0. The molecule has 2 rings (SSSR count). The second-order valence-electron chi connectivity index (χ2n) is 3.17. The number of amides is 1. The molecule has 0 fully saturated rings. The van der Waals surface area contributed by atoms with Crippen LogP contribution in [0.1, 0.15) is 10.4 Å². The van der Waals surface area contributed by atoms with Crippen LogP contribution in [0.2, 0.25) is 0 Å². The van der Waals surface area contributed by atoms with E-state index in [1.54, 1.807) is 12.1 Å². The van der Waals surface area contributed by atoms with Gasteiger partial charge < -0.3 is 9.69 Å². The Balaban J connectivity index is 2.23. The topological polar surface area (TPSA) is 44.9 Å². The average Bonchev–Trinajstić information content (AvgIpc) is 2.62. The number of H-pyrrole nitrogens is 1. The first-order valence-electron chi connectivity index (χ1n) is 4.55. The van der Waals surface area contributed by atoms with Crippen molar-refractivity contribution in [3.8, 4) is 0 Å². The fourth-order valence-corrected chi connectivity index (χ4v) is 2.88. The second kappa shape index (κ2) is 5.34. The quantitative estimate of drug-likeness (QED) is 0.566.